The molecule has 13 heavy (non-hydrogen) atoms. The predicted molar refractivity (Wildman–Crippen MR) is 49.6 cm³/mol. The summed E-state index contributed by atoms with van der Waals surface area (Å²) in [6.45, 7) is 0. The number of aryl methyl sites for hydroxylation is 1. The van der Waals surface area contributed by atoms with E-state index in [0.717, 1.165) is 29.9 Å². The molecule has 0 bridgehead atoms. The smallest absolute Gasteiger partial charge is 0.119 e. The Morgan fingerprint density at radius 2 is 2.23 bits per heavy atom. The molecule has 0 saturated carbocycles. The van der Waals surface area contributed by atoms with Crippen molar-refractivity contribution in [1.29, 1.82) is 0 Å². The lowest BCUT2D eigenvalue weighted by atomic mass is 10.1. The number of hydrogen-bond donors (Lipinski definition) is 1. The van der Waals surface area contributed by atoms with E-state index in [1.165, 1.54) is 5.56 Å². The second-order valence-electron chi connectivity index (χ2n) is 3.07. The lowest BCUT2D eigenvalue weighted by Crippen LogP contribution is -1.93. The molecule has 2 rings (SSSR count). The molecule has 1 aromatic rings. The second kappa shape index (κ2) is 3.09. The molecule has 1 N–H and O–H groups in total. The van der Waals surface area contributed by atoms with Crippen molar-refractivity contribution >= 4 is 5.71 Å². The average molecular weight is 177 g/mol. The van der Waals surface area contributed by atoms with Gasteiger partial charge in [-0.15, -0.1) is 0 Å². The zero-order valence-corrected chi connectivity index (χ0v) is 7.45. The molecule has 1 aliphatic carbocycles. The summed E-state index contributed by atoms with van der Waals surface area (Å²) >= 11 is 0. The average Bonchev–Trinajstić information content (AvgIpc) is 2.59. The van der Waals surface area contributed by atoms with Crippen LogP contribution in [-0.2, 0) is 6.42 Å². The molecule has 0 aliphatic heterocycles. The Bertz CT molecular complexity index is 358. The van der Waals surface area contributed by atoms with E-state index in [2.05, 4.69) is 5.16 Å². The zero-order valence-electron chi connectivity index (χ0n) is 7.45. The van der Waals surface area contributed by atoms with Crippen LogP contribution in [0, 0.1) is 0 Å². The van der Waals surface area contributed by atoms with E-state index < -0.39 is 0 Å². The van der Waals surface area contributed by atoms with Crippen molar-refractivity contribution in [2.75, 3.05) is 7.11 Å². The topological polar surface area (TPSA) is 41.8 Å². The minimum absolute atomic E-state index is 0.776. The number of ether oxygens (including phenoxy) is 1. The first-order chi connectivity index (χ1) is 6.35. The van der Waals surface area contributed by atoms with Crippen LogP contribution in [0.5, 0.6) is 5.75 Å². The van der Waals surface area contributed by atoms with Crippen LogP contribution < -0.4 is 4.74 Å². The van der Waals surface area contributed by atoms with Crippen LogP contribution in [0.1, 0.15) is 17.5 Å². The molecule has 0 fully saturated rings. The summed E-state index contributed by atoms with van der Waals surface area (Å²) in [4.78, 5) is 0. The van der Waals surface area contributed by atoms with Crippen molar-refractivity contribution in [3.8, 4) is 5.75 Å². The molecule has 68 valence electrons. The van der Waals surface area contributed by atoms with E-state index in [-0.39, 0.29) is 0 Å². The number of methoxy groups -OCH3 is 1. The van der Waals surface area contributed by atoms with Gasteiger partial charge < -0.3 is 9.94 Å². The number of rotatable bonds is 1. The largest absolute Gasteiger partial charge is 0.497 e. The van der Waals surface area contributed by atoms with Gasteiger partial charge in [0.15, 0.2) is 0 Å². The summed E-state index contributed by atoms with van der Waals surface area (Å²) in [6, 6.07) is 5.82. The van der Waals surface area contributed by atoms with E-state index in [9.17, 15) is 0 Å². The van der Waals surface area contributed by atoms with Crippen molar-refractivity contribution in [3.05, 3.63) is 29.3 Å². The molecule has 0 heterocycles. The van der Waals surface area contributed by atoms with Gasteiger partial charge in [-0.3, -0.25) is 0 Å². The van der Waals surface area contributed by atoms with Crippen molar-refractivity contribution in [3.63, 3.8) is 0 Å². The van der Waals surface area contributed by atoms with Crippen LogP contribution in [0.15, 0.2) is 23.4 Å². The highest BCUT2D eigenvalue weighted by Gasteiger charge is 2.18. The zero-order chi connectivity index (χ0) is 9.26. The van der Waals surface area contributed by atoms with Gasteiger partial charge in [0.05, 0.1) is 12.8 Å². The normalized spacial score (nSPS) is 17.5. The summed E-state index contributed by atoms with van der Waals surface area (Å²) in [5, 5.41) is 12.0. The van der Waals surface area contributed by atoms with Crippen LogP contribution in [0.4, 0.5) is 0 Å². The Balaban J connectivity index is 2.46. The predicted octanol–water partition coefficient (Wildman–Crippen LogP) is 1.82. The number of fused-ring (bicyclic) bond motifs is 1. The highest BCUT2D eigenvalue weighted by atomic mass is 16.5. The number of benzene rings is 1. The molecule has 3 nitrogen and oxygen atoms in total. The molecule has 1 aromatic carbocycles. The van der Waals surface area contributed by atoms with E-state index in [1.54, 1.807) is 7.11 Å². The quantitative estimate of drug-likeness (QED) is 0.525. The molecular formula is C10H11NO2. The van der Waals surface area contributed by atoms with Crippen LogP contribution >= 0.6 is 0 Å². The van der Waals surface area contributed by atoms with E-state index in [1.807, 2.05) is 18.2 Å². The molecule has 0 saturated heterocycles. The molecule has 0 atom stereocenters. The fourth-order valence-electron chi connectivity index (χ4n) is 1.68. The van der Waals surface area contributed by atoms with Crippen LogP contribution in [0.2, 0.25) is 0 Å². The third-order valence-electron chi connectivity index (χ3n) is 2.38. The standard InChI is InChI=1S/C10H11NO2/c1-13-8-3-4-9-7(6-8)2-5-10(9)11-12/h3-4,6,12H,2,5H2,1H3/b11-10-. The fraction of sp³-hybridized carbons (Fsp3) is 0.300. The minimum Gasteiger partial charge on any atom is -0.497 e. The Hall–Kier alpha value is -1.51. The van der Waals surface area contributed by atoms with Crippen molar-refractivity contribution < 1.29 is 9.94 Å². The number of hydrogen-bond acceptors (Lipinski definition) is 3. The van der Waals surface area contributed by atoms with Gasteiger partial charge >= 0.3 is 0 Å². The maximum absolute atomic E-state index is 8.70. The van der Waals surface area contributed by atoms with Gasteiger partial charge in [0.1, 0.15) is 5.75 Å². The number of nitrogens with zero attached hydrogens (tertiary/aromatic N) is 1. The summed E-state index contributed by atoms with van der Waals surface area (Å²) in [5.74, 6) is 0.859. The van der Waals surface area contributed by atoms with Gasteiger partial charge in [-0.25, -0.2) is 0 Å². The number of oxime groups is 1. The first-order valence-electron chi connectivity index (χ1n) is 4.23. The van der Waals surface area contributed by atoms with Crippen molar-refractivity contribution in [2.45, 2.75) is 12.8 Å². The van der Waals surface area contributed by atoms with Crippen LogP contribution in [0.3, 0.4) is 0 Å². The van der Waals surface area contributed by atoms with E-state index in [4.69, 9.17) is 9.94 Å². The Kier molecular flexibility index (Phi) is 1.93. The molecule has 1 aliphatic rings. The SMILES string of the molecule is COc1ccc2c(c1)CC/C2=N/O. The molecule has 3 heteroatoms. The summed E-state index contributed by atoms with van der Waals surface area (Å²) in [7, 11) is 1.65. The highest BCUT2D eigenvalue weighted by molar-refractivity contribution is 6.04. The maximum atomic E-state index is 8.70. The van der Waals surface area contributed by atoms with Crippen molar-refractivity contribution in [1.82, 2.24) is 0 Å². The highest BCUT2D eigenvalue weighted by Crippen LogP contribution is 2.26. The summed E-state index contributed by atoms with van der Waals surface area (Å²) < 4.78 is 5.11. The molecule has 0 aromatic heterocycles. The van der Waals surface area contributed by atoms with Gasteiger partial charge in [0.25, 0.3) is 0 Å². The van der Waals surface area contributed by atoms with Gasteiger partial charge in [0.2, 0.25) is 0 Å². The summed E-state index contributed by atoms with van der Waals surface area (Å²) in [6.07, 6.45) is 1.75. The van der Waals surface area contributed by atoms with Crippen LogP contribution in [-0.4, -0.2) is 18.0 Å². The first-order valence-corrected chi connectivity index (χ1v) is 4.23. The third kappa shape index (κ3) is 1.26. The molecular weight excluding hydrogens is 166 g/mol. The first kappa shape index (κ1) is 8.10. The maximum Gasteiger partial charge on any atom is 0.119 e. The summed E-state index contributed by atoms with van der Waals surface area (Å²) in [5.41, 5.74) is 3.02. The Labute approximate surface area is 76.6 Å². The van der Waals surface area contributed by atoms with Crippen molar-refractivity contribution in [2.24, 2.45) is 5.16 Å². The lowest BCUT2D eigenvalue weighted by Gasteiger charge is -2.02. The van der Waals surface area contributed by atoms with Gasteiger partial charge in [-0.05, 0) is 36.6 Å². The molecule has 0 radical (unpaired) electrons. The third-order valence-corrected chi connectivity index (χ3v) is 2.38. The van der Waals surface area contributed by atoms with E-state index in [0.29, 0.717) is 0 Å². The molecule has 0 unspecified atom stereocenters. The van der Waals surface area contributed by atoms with Gasteiger partial charge in [-0.1, -0.05) is 5.16 Å². The molecule has 0 spiro atoms. The van der Waals surface area contributed by atoms with Crippen LogP contribution in [0.25, 0.3) is 0 Å². The fourth-order valence-corrected chi connectivity index (χ4v) is 1.68. The lowest BCUT2D eigenvalue weighted by molar-refractivity contribution is 0.318. The Morgan fingerprint density at radius 1 is 1.38 bits per heavy atom. The molecule has 0 amide bonds. The van der Waals surface area contributed by atoms with Gasteiger partial charge in [0, 0.05) is 5.56 Å². The monoisotopic (exact) mass is 177 g/mol. The second-order valence-corrected chi connectivity index (χ2v) is 3.07. The Morgan fingerprint density at radius 3 is 2.92 bits per heavy atom. The van der Waals surface area contributed by atoms with Gasteiger partial charge in [-0.2, -0.15) is 0 Å². The van der Waals surface area contributed by atoms with E-state index >= 15 is 0 Å². The minimum atomic E-state index is 0.776.